The van der Waals surface area contributed by atoms with E-state index in [0.29, 0.717) is 28.1 Å². The van der Waals surface area contributed by atoms with Gasteiger partial charge in [-0.15, -0.1) is 0 Å². The van der Waals surface area contributed by atoms with Gasteiger partial charge in [-0.3, -0.25) is 0 Å². The molecule has 24 heavy (non-hydrogen) atoms. The van der Waals surface area contributed by atoms with Crippen molar-refractivity contribution in [2.75, 3.05) is 19.7 Å². The van der Waals surface area contributed by atoms with Crippen molar-refractivity contribution in [2.45, 2.75) is 18.8 Å². The maximum Gasteiger partial charge on any atom is 0.231 e. The Morgan fingerprint density at radius 3 is 2.71 bits per heavy atom. The van der Waals surface area contributed by atoms with E-state index in [1.165, 1.54) is 0 Å². The predicted molar refractivity (Wildman–Crippen MR) is 94.9 cm³/mol. The van der Waals surface area contributed by atoms with E-state index in [-0.39, 0.29) is 11.8 Å². The van der Waals surface area contributed by atoms with Gasteiger partial charge in [0.2, 0.25) is 5.88 Å². The highest BCUT2D eigenvalue weighted by atomic mass is 35.5. The first kappa shape index (κ1) is 17.0. The summed E-state index contributed by atoms with van der Waals surface area (Å²) in [7, 11) is 0. The van der Waals surface area contributed by atoms with Gasteiger partial charge in [-0.25, -0.2) is 4.98 Å². The zero-order valence-corrected chi connectivity index (χ0v) is 14.7. The SMILES string of the molecule is CCOc1nc(C2CNCC2c2ccc(Cl)c(Cl)c2)ccc1C#N. The molecule has 1 aromatic carbocycles. The molecule has 1 aliphatic heterocycles. The summed E-state index contributed by atoms with van der Waals surface area (Å²) in [6, 6.07) is 11.6. The Bertz CT molecular complexity index is 788. The minimum atomic E-state index is 0.189. The van der Waals surface area contributed by atoms with Gasteiger partial charge in [0, 0.05) is 30.6 Å². The third-order valence-corrected chi connectivity index (χ3v) is 4.99. The molecule has 0 radical (unpaired) electrons. The minimum Gasteiger partial charge on any atom is -0.477 e. The van der Waals surface area contributed by atoms with Crippen LogP contribution in [-0.2, 0) is 0 Å². The van der Waals surface area contributed by atoms with Gasteiger partial charge in [-0.2, -0.15) is 5.26 Å². The van der Waals surface area contributed by atoms with E-state index in [1.807, 2.05) is 31.2 Å². The molecule has 2 aromatic rings. The van der Waals surface area contributed by atoms with Crippen LogP contribution in [0.4, 0.5) is 0 Å². The molecular formula is C18H17Cl2N3O. The highest BCUT2D eigenvalue weighted by molar-refractivity contribution is 6.42. The summed E-state index contributed by atoms with van der Waals surface area (Å²) in [6.45, 7) is 4.01. The fourth-order valence-corrected chi connectivity index (χ4v) is 3.38. The van der Waals surface area contributed by atoms with Crippen molar-refractivity contribution < 1.29 is 4.74 Å². The topological polar surface area (TPSA) is 57.9 Å². The first-order valence-electron chi connectivity index (χ1n) is 7.83. The highest BCUT2D eigenvalue weighted by Crippen LogP contribution is 2.38. The Labute approximate surface area is 151 Å². The second-order valence-corrected chi connectivity index (χ2v) is 6.49. The van der Waals surface area contributed by atoms with Crippen LogP contribution < -0.4 is 10.1 Å². The van der Waals surface area contributed by atoms with Crippen molar-refractivity contribution in [2.24, 2.45) is 0 Å². The van der Waals surface area contributed by atoms with Crippen LogP contribution in [0, 0.1) is 11.3 Å². The lowest BCUT2D eigenvalue weighted by molar-refractivity contribution is 0.324. The Morgan fingerprint density at radius 1 is 1.21 bits per heavy atom. The second kappa shape index (κ2) is 7.40. The molecule has 1 saturated heterocycles. The van der Waals surface area contributed by atoms with Gasteiger partial charge < -0.3 is 10.1 Å². The lowest BCUT2D eigenvalue weighted by atomic mass is 9.86. The molecule has 3 rings (SSSR count). The van der Waals surface area contributed by atoms with Gasteiger partial charge >= 0.3 is 0 Å². The van der Waals surface area contributed by atoms with Crippen molar-refractivity contribution in [1.29, 1.82) is 5.26 Å². The summed E-state index contributed by atoms with van der Waals surface area (Å²) in [5, 5.41) is 13.7. The smallest absolute Gasteiger partial charge is 0.231 e. The van der Waals surface area contributed by atoms with Crippen LogP contribution in [0.1, 0.15) is 35.6 Å². The van der Waals surface area contributed by atoms with E-state index in [9.17, 15) is 5.26 Å². The quantitative estimate of drug-likeness (QED) is 0.889. The number of hydrogen-bond donors (Lipinski definition) is 1. The molecule has 1 fully saturated rings. The van der Waals surface area contributed by atoms with Crippen molar-refractivity contribution in [3.8, 4) is 11.9 Å². The predicted octanol–water partition coefficient (Wildman–Crippen LogP) is 4.13. The van der Waals surface area contributed by atoms with Gasteiger partial charge in [0.1, 0.15) is 11.6 Å². The molecule has 0 aliphatic carbocycles. The molecule has 4 nitrogen and oxygen atoms in total. The van der Waals surface area contributed by atoms with E-state index in [0.717, 1.165) is 24.3 Å². The number of ether oxygens (including phenoxy) is 1. The van der Waals surface area contributed by atoms with Crippen molar-refractivity contribution in [3.63, 3.8) is 0 Å². The molecule has 2 atom stereocenters. The average Bonchev–Trinajstić information content (AvgIpc) is 3.07. The zero-order chi connectivity index (χ0) is 17.1. The zero-order valence-electron chi connectivity index (χ0n) is 13.2. The van der Waals surface area contributed by atoms with Crippen molar-refractivity contribution in [3.05, 3.63) is 57.2 Å². The number of nitriles is 1. The van der Waals surface area contributed by atoms with Crippen molar-refractivity contribution >= 4 is 23.2 Å². The van der Waals surface area contributed by atoms with Gasteiger partial charge in [0.15, 0.2) is 0 Å². The van der Waals surface area contributed by atoms with Gasteiger partial charge in [0.25, 0.3) is 0 Å². The van der Waals surface area contributed by atoms with Crippen LogP contribution in [0.3, 0.4) is 0 Å². The number of aromatic nitrogens is 1. The minimum absolute atomic E-state index is 0.189. The molecule has 1 N–H and O–H groups in total. The number of rotatable bonds is 4. The van der Waals surface area contributed by atoms with Crippen LogP contribution in [0.5, 0.6) is 5.88 Å². The molecule has 0 bridgehead atoms. The standard InChI is InChI=1S/C18H17Cl2N3O/c1-2-24-18-12(8-21)4-6-17(23-18)14-10-22-9-13(14)11-3-5-15(19)16(20)7-11/h3-7,13-14,22H,2,9-10H2,1H3. The summed E-state index contributed by atoms with van der Waals surface area (Å²) in [6.07, 6.45) is 0. The van der Waals surface area contributed by atoms with Crippen LogP contribution >= 0.6 is 23.2 Å². The highest BCUT2D eigenvalue weighted by Gasteiger charge is 2.31. The molecule has 124 valence electrons. The van der Waals surface area contributed by atoms with Gasteiger partial charge in [0.05, 0.1) is 16.7 Å². The van der Waals surface area contributed by atoms with Gasteiger partial charge in [-0.05, 0) is 36.8 Å². The second-order valence-electron chi connectivity index (χ2n) is 5.68. The Morgan fingerprint density at radius 2 is 2.00 bits per heavy atom. The summed E-state index contributed by atoms with van der Waals surface area (Å²) < 4.78 is 5.51. The van der Waals surface area contributed by atoms with E-state index in [2.05, 4.69) is 16.4 Å². The number of halogens is 2. The normalized spacial score (nSPS) is 19.9. The largest absolute Gasteiger partial charge is 0.477 e. The van der Waals surface area contributed by atoms with Crippen LogP contribution in [0.25, 0.3) is 0 Å². The average molecular weight is 362 g/mol. The summed E-state index contributed by atoms with van der Waals surface area (Å²) >= 11 is 12.2. The third kappa shape index (κ3) is 3.34. The molecule has 2 heterocycles. The number of benzene rings is 1. The Hall–Kier alpha value is -1.80. The number of pyridine rings is 1. The first-order valence-corrected chi connectivity index (χ1v) is 8.59. The van der Waals surface area contributed by atoms with Crippen LogP contribution in [0.2, 0.25) is 10.0 Å². The van der Waals surface area contributed by atoms with Gasteiger partial charge in [-0.1, -0.05) is 29.3 Å². The molecule has 1 aromatic heterocycles. The van der Waals surface area contributed by atoms with E-state index in [4.69, 9.17) is 27.9 Å². The van der Waals surface area contributed by atoms with Crippen LogP contribution in [-0.4, -0.2) is 24.7 Å². The number of nitrogens with one attached hydrogen (secondary N) is 1. The molecule has 1 aliphatic rings. The molecule has 2 unspecified atom stereocenters. The summed E-state index contributed by atoms with van der Waals surface area (Å²) in [5.41, 5.74) is 2.50. The molecule has 0 amide bonds. The van der Waals surface area contributed by atoms with Crippen LogP contribution in [0.15, 0.2) is 30.3 Å². The Kier molecular flexibility index (Phi) is 5.25. The molecular weight excluding hydrogens is 345 g/mol. The summed E-state index contributed by atoms with van der Waals surface area (Å²) in [5.74, 6) is 0.834. The lowest BCUT2D eigenvalue weighted by Gasteiger charge is -2.20. The van der Waals surface area contributed by atoms with E-state index < -0.39 is 0 Å². The van der Waals surface area contributed by atoms with E-state index in [1.54, 1.807) is 6.07 Å². The van der Waals surface area contributed by atoms with Crippen molar-refractivity contribution in [1.82, 2.24) is 10.3 Å². The number of nitrogens with zero attached hydrogens (tertiary/aromatic N) is 2. The monoisotopic (exact) mass is 361 g/mol. The number of hydrogen-bond acceptors (Lipinski definition) is 4. The molecule has 6 heteroatoms. The molecule has 0 saturated carbocycles. The fourth-order valence-electron chi connectivity index (χ4n) is 3.08. The maximum absolute atomic E-state index is 9.18. The summed E-state index contributed by atoms with van der Waals surface area (Å²) in [4.78, 5) is 4.59. The lowest BCUT2D eigenvalue weighted by Crippen LogP contribution is -2.12. The molecule has 0 spiro atoms. The third-order valence-electron chi connectivity index (χ3n) is 4.25. The fraction of sp³-hybridized carbons (Fsp3) is 0.333. The van der Waals surface area contributed by atoms with E-state index >= 15 is 0 Å². The maximum atomic E-state index is 9.18. The first-order chi connectivity index (χ1) is 11.6. The Balaban J connectivity index is 1.94.